The lowest BCUT2D eigenvalue weighted by Gasteiger charge is -2.06. The Balaban J connectivity index is 2.78. The van der Waals surface area contributed by atoms with Gasteiger partial charge in [-0.25, -0.2) is 4.79 Å². The van der Waals surface area contributed by atoms with Gasteiger partial charge in [0.25, 0.3) is 0 Å². The molecule has 0 aliphatic rings. The zero-order chi connectivity index (χ0) is 9.84. The molecule has 0 spiro atoms. The number of esters is 1. The number of pyridine rings is 1. The van der Waals surface area contributed by atoms with Crippen molar-refractivity contribution in [1.82, 2.24) is 4.98 Å². The predicted molar refractivity (Wildman–Crippen MR) is 47.6 cm³/mol. The molecule has 0 radical (unpaired) electrons. The first kappa shape index (κ1) is 9.51. The summed E-state index contributed by atoms with van der Waals surface area (Å²) in [6.45, 7) is 3.53. The molecule has 0 atom stereocenters. The maximum Gasteiger partial charge on any atom is 0.339 e. The molecule has 4 heteroatoms. The molecule has 0 fully saturated rings. The fraction of sp³-hybridized carbons (Fsp3) is 0.333. The van der Waals surface area contributed by atoms with Crippen molar-refractivity contribution in [1.29, 1.82) is 0 Å². The predicted octanol–water partition coefficient (Wildman–Crippen LogP) is 0.940. The monoisotopic (exact) mass is 181 g/mol. The summed E-state index contributed by atoms with van der Waals surface area (Å²) in [5.41, 5.74) is 0.120. The van der Waals surface area contributed by atoms with Gasteiger partial charge in [-0.3, -0.25) is 4.79 Å². The average molecular weight is 181 g/mol. The molecule has 0 saturated carbocycles. The van der Waals surface area contributed by atoms with Gasteiger partial charge in [-0.1, -0.05) is 0 Å². The van der Waals surface area contributed by atoms with Crippen LogP contribution in [-0.4, -0.2) is 17.1 Å². The maximum atomic E-state index is 11.2. The first-order valence-corrected chi connectivity index (χ1v) is 3.99. The summed E-state index contributed by atoms with van der Waals surface area (Å²) in [5, 5.41) is 0. The molecule has 0 bridgehead atoms. The molecular formula is C9H11NO3. The number of nitrogens with one attached hydrogen (secondary N) is 1. The number of rotatable bonds is 2. The quantitative estimate of drug-likeness (QED) is 0.691. The van der Waals surface area contributed by atoms with E-state index in [2.05, 4.69) is 4.98 Å². The van der Waals surface area contributed by atoms with Crippen LogP contribution in [0.2, 0.25) is 0 Å². The number of aromatic nitrogens is 1. The van der Waals surface area contributed by atoms with Crippen LogP contribution >= 0.6 is 0 Å². The Kier molecular flexibility index (Phi) is 2.84. The molecular weight excluding hydrogens is 170 g/mol. The van der Waals surface area contributed by atoms with Gasteiger partial charge in [0.1, 0.15) is 0 Å². The van der Waals surface area contributed by atoms with E-state index in [9.17, 15) is 9.59 Å². The molecule has 1 N–H and O–H groups in total. The van der Waals surface area contributed by atoms with Crippen molar-refractivity contribution in [3.63, 3.8) is 0 Å². The van der Waals surface area contributed by atoms with Gasteiger partial charge in [0.2, 0.25) is 5.56 Å². The number of hydrogen-bond acceptors (Lipinski definition) is 3. The lowest BCUT2D eigenvalue weighted by Crippen LogP contribution is -2.13. The van der Waals surface area contributed by atoms with Crippen molar-refractivity contribution in [2.24, 2.45) is 0 Å². The van der Waals surface area contributed by atoms with E-state index in [1.54, 1.807) is 13.8 Å². The van der Waals surface area contributed by atoms with E-state index in [4.69, 9.17) is 4.74 Å². The Morgan fingerprint density at radius 3 is 2.62 bits per heavy atom. The van der Waals surface area contributed by atoms with E-state index in [0.29, 0.717) is 5.56 Å². The van der Waals surface area contributed by atoms with E-state index in [1.165, 1.54) is 18.3 Å². The first-order chi connectivity index (χ1) is 6.09. The molecule has 70 valence electrons. The minimum Gasteiger partial charge on any atom is -0.459 e. The third kappa shape index (κ3) is 2.74. The van der Waals surface area contributed by atoms with Crippen LogP contribution in [0.4, 0.5) is 0 Å². The van der Waals surface area contributed by atoms with Gasteiger partial charge in [-0.05, 0) is 19.9 Å². The van der Waals surface area contributed by atoms with E-state index in [-0.39, 0.29) is 11.7 Å². The fourth-order valence-corrected chi connectivity index (χ4v) is 0.820. The van der Waals surface area contributed by atoms with Crippen molar-refractivity contribution in [2.45, 2.75) is 20.0 Å². The molecule has 1 aromatic heterocycles. The maximum absolute atomic E-state index is 11.2. The molecule has 0 unspecified atom stereocenters. The molecule has 4 nitrogen and oxygen atoms in total. The Morgan fingerprint density at radius 1 is 1.46 bits per heavy atom. The van der Waals surface area contributed by atoms with Crippen LogP contribution < -0.4 is 5.56 Å². The lowest BCUT2D eigenvalue weighted by atomic mass is 10.3. The summed E-state index contributed by atoms with van der Waals surface area (Å²) in [4.78, 5) is 24.3. The number of carbonyl (C=O) groups excluding carboxylic acids is 1. The molecule has 1 heterocycles. The van der Waals surface area contributed by atoms with Gasteiger partial charge in [0, 0.05) is 12.3 Å². The van der Waals surface area contributed by atoms with E-state index < -0.39 is 5.97 Å². The van der Waals surface area contributed by atoms with Gasteiger partial charge in [0.15, 0.2) is 0 Å². The third-order valence-corrected chi connectivity index (χ3v) is 1.36. The molecule has 0 aliphatic heterocycles. The molecule has 1 aromatic rings. The van der Waals surface area contributed by atoms with Gasteiger partial charge < -0.3 is 9.72 Å². The smallest absolute Gasteiger partial charge is 0.339 e. The van der Waals surface area contributed by atoms with Crippen LogP contribution in [0.15, 0.2) is 23.1 Å². The van der Waals surface area contributed by atoms with Crippen LogP contribution in [0.3, 0.4) is 0 Å². The molecule has 0 aromatic carbocycles. The van der Waals surface area contributed by atoms with E-state index >= 15 is 0 Å². The topological polar surface area (TPSA) is 59.2 Å². The van der Waals surface area contributed by atoms with Crippen molar-refractivity contribution < 1.29 is 9.53 Å². The summed E-state index contributed by atoms with van der Waals surface area (Å²) >= 11 is 0. The average Bonchev–Trinajstić information content (AvgIpc) is 2.04. The second kappa shape index (κ2) is 3.89. The van der Waals surface area contributed by atoms with Crippen molar-refractivity contribution in [3.8, 4) is 0 Å². The minimum absolute atomic E-state index is 0.153. The highest BCUT2D eigenvalue weighted by molar-refractivity contribution is 5.88. The van der Waals surface area contributed by atoms with E-state index in [0.717, 1.165) is 0 Å². The Bertz CT molecular complexity index is 334. The molecule has 0 saturated heterocycles. The van der Waals surface area contributed by atoms with Crippen LogP contribution in [0.1, 0.15) is 24.2 Å². The second-order valence-corrected chi connectivity index (χ2v) is 2.90. The largest absolute Gasteiger partial charge is 0.459 e. The number of aromatic amines is 1. The second-order valence-electron chi connectivity index (χ2n) is 2.90. The zero-order valence-corrected chi connectivity index (χ0v) is 7.53. The van der Waals surface area contributed by atoms with E-state index in [1.807, 2.05) is 0 Å². The van der Waals surface area contributed by atoms with Crippen LogP contribution in [0.5, 0.6) is 0 Å². The summed E-state index contributed by atoms with van der Waals surface area (Å²) in [6.07, 6.45) is 1.19. The zero-order valence-electron chi connectivity index (χ0n) is 7.53. The van der Waals surface area contributed by atoms with Crippen molar-refractivity contribution >= 4 is 5.97 Å². The Hall–Kier alpha value is -1.58. The summed E-state index contributed by atoms with van der Waals surface area (Å²) in [5.74, 6) is -0.425. The van der Waals surface area contributed by atoms with Crippen molar-refractivity contribution in [3.05, 3.63) is 34.2 Å². The number of H-pyrrole nitrogens is 1. The molecule has 13 heavy (non-hydrogen) atoms. The normalized spacial score (nSPS) is 10.1. The Labute approximate surface area is 75.5 Å². The first-order valence-electron chi connectivity index (χ1n) is 3.99. The number of ether oxygens (including phenoxy) is 1. The third-order valence-electron chi connectivity index (χ3n) is 1.36. The minimum atomic E-state index is -0.425. The van der Waals surface area contributed by atoms with Gasteiger partial charge in [-0.15, -0.1) is 0 Å². The van der Waals surface area contributed by atoms with Gasteiger partial charge >= 0.3 is 5.97 Å². The fourth-order valence-electron chi connectivity index (χ4n) is 0.820. The van der Waals surface area contributed by atoms with Crippen molar-refractivity contribution in [2.75, 3.05) is 0 Å². The summed E-state index contributed by atoms with van der Waals surface area (Å²) < 4.78 is 4.92. The number of carbonyl (C=O) groups is 1. The van der Waals surface area contributed by atoms with Gasteiger partial charge in [0.05, 0.1) is 11.7 Å². The molecule has 1 rings (SSSR count). The Morgan fingerprint density at radius 2 is 2.15 bits per heavy atom. The van der Waals surface area contributed by atoms with Crippen LogP contribution in [-0.2, 0) is 4.74 Å². The lowest BCUT2D eigenvalue weighted by molar-refractivity contribution is 0.0377. The van der Waals surface area contributed by atoms with Gasteiger partial charge in [-0.2, -0.15) is 0 Å². The molecule has 0 amide bonds. The highest BCUT2D eigenvalue weighted by Crippen LogP contribution is 1.99. The summed E-state index contributed by atoms with van der Waals surface area (Å²) in [7, 11) is 0. The highest BCUT2D eigenvalue weighted by Gasteiger charge is 2.07. The summed E-state index contributed by atoms with van der Waals surface area (Å²) in [6, 6.07) is 2.72. The van der Waals surface area contributed by atoms with Crippen LogP contribution in [0, 0.1) is 0 Å². The van der Waals surface area contributed by atoms with Crippen LogP contribution in [0.25, 0.3) is 0 Å². The number of hydrogen-bond donors (Lipinski definition) is 1. The highest BCUT2D eigenvalue weighted by atomic mass is 16.5. The SMILES string of the molecule is CC(C)OC(=O)c1ccc(=O)[nH]c1. The standard InChI is InChI=1S/C9H11NO3/c1-6(2)13-9(12)7-3-4-8(11)10-5-7/h3-6H,1-2H3,(H,10,11). The molecule has 0 aliphatic carbocycles.